The van der Waals surface area contributed by atoms with Crippen LogP contribution in [0.25, 0.3) is 0 Å². The van der Waals surface area contributed by atoms with Gasteiger partial charge in [-0.1, -0.05) is 12.2 Å². The number of aromatic nitrogens is 1. The van der Waals surface area contributed by atoms with Crippen molar-refractivity contribution in [3.8, 4) is 5.75 Å². The molecule has 1 aliphatic rings. The van der Waals surface area contributed by atoms with Gasteiger partial charge in [0.2, 0.25) is 0 Å². The van der Waals surface area contributed by atoms with E-state index < -0.39 is 0 Å². The summed E-state index contributed by atoms with van der Waals surface area (Å²) in [7, 11) is 0. The highest BCUT2D eigenvalue weighted by Gasteiger charge is 2.18. The maximum Gasteiger partial charge on any atom is 0.138 e. The molecule has 0 aromatic carbocycles. The first kappa shape index (κ1) is 9.40. The van der Waals surface area contributed by atoms with Gasteiger partial charge in [0.25, 0.3) is 0 Å². The molecule has 2 rings (SSSR count). The molecule has 1 aromatic heterocycles. The number of hydrogen-bond donors (Lipinski definition) is 1. The van der Waals surface area contributed by atoms with Crippen molar-refractivity contribution < 1.29 is 4.74 Å². The molecule has 0 bridgehead atoms. The molecule has 0 radical (unpaired) electrons. The van der Waals surface area contributed by atoms with Gasteiger partial charge < -0.3 is 10.5 Å². The summed E-state index contributed by atoms with van der Waals surface area (Å²) in [5.74, 6) is 0.801. The van der Waals surface area contributed by atoms with Crippen LogP contribution in [0.4, 0.5) is 0 Å². The van der Waals surface area contributed by atoms with Gasteiger partial charge in [0, 0.05) is 0 Å². The Morgan fingerprint density at radius 2 is 2.29 bits per heavy atom. The summed E-state index contributed by atoms with van der Waals surface area (Å²) in [4.78, 5) is 4.42. The van der Waals surface area contributed by atoms with E-state index in [2.05, 4.69) is 4.98 Å². The van der Waals surface area contributed by atoms with E-state index in [1.54, 1.807) is 12.3 Å². The molecule has 74 valence electrons. The average molecular weight is 208 g/mol. The summed E-state index contributed by atoms with van der Waals surface area (Å²) < 4.78 is 5.64. The van der Waals surface area contributed by atoms with Crippen molar-refractivity contribution in [2.75, 3.05) is 0 Å². The molecule has 1 heterocycles. The molecule has 3 nitrogen and oxygen atoms in total. The first-order chi connectivity index (χ1) is 6.75. The fourth-order valence-corrected chi connectivity index (χ4v) is 1.40. The second-order valence-electron chi connectivity index (χ2n) is 3.41. The fourth-order valence-electron chi connectivity index (χ4n) is 1.28. The number of ether oxygens (including phenoxy) is 1. The molecular formula is C10H12N2OS. The van der Waals surface area contributed by atoms with Gasteiger partial charge in [0.1, 0.15) is 10.7 Å². The normalized spacial score (nSPS) is 16.0. The minimum atomic E-state index is 0.320. The molecule has 1 aliphatic carbocycles. The molecule has 0 unspecified atom stereocenters. The average Bonchev–Trinajstić information content (AvgIpc) is 2.12. The molecule has 0 saturated heterocycles. The first-order valence-corrected chi connectivity index (χ1v) is 5.09. The van der Waals surface area contributed by atoms with Gasteiger partial charge in [-0.05, 0) is 31.4 Å². The summed E-state index contributed by atoms with van der Waals surface area (Å²) in [6, 6.07) is 3.65. The summed E-state index contributed by atoms with van der Waals surface area (Å²) in [5, 5.41) is 0. The van der Waals surface area contributed by atoms with Gasteiger partial charge in [-0.3, -0.25) is 0 Å². The molecule has 1 aromatic rings. The Balaban J connectivity index is 2.01. The largest absolute Gasteiger partial charge is 0.489 e. The Hall–Kier alpha value is -1.16. The van der Waals surface area contributed by atoms with Crippen LogP contribution in [0.3, 0.4) is 0 Å². The molecule has 2 N–H and O–H groups in total. The monoisotopic (exact) mass is 208 g/mol. The molecule has 0 atom stereocenters. The standard InChI is InChI=1S/C10H12N2OS/c11-10(14)9-5-4-8(6-12-9)13-7-2-1-3-7/h4-7H,1-3H2,(H2,11,14). The molecular weight excluding hydrogens is 196 g/mol. The maximum atomic E-state index is 5.64. The van der Waals surface area contributed by atoms with Gasteiger partial charge in [-0.15, -0.1) is 0 Å². The molecule has 0 aliphatic heterocycles. The van der Waals surface area contributed by atoms with E-state index in [1.165, 1.54) is 6.42 Å². The number of nitrogens with zero attached hydrogens (tertiary/aromatic N) is 1. The van der Waals surface area contributed by atoms with Crippen LogP contribution >= 0.6 is 12.2 Å². The Morgan fingerprint density at radius 1 is 1.50 bits per heavy atom. The highest BCUT2D eigenvalue weighted by Crippen LogP contribution is 2.24. The van der Waals surface area contributed by atoms with Crippen molar-refractivity contribution in [2.45, 2.75) is 25.4 Å². The van der Waals surface area contributed by atoms with Crippen LogP contribution in [0.5, 0.6) is 5.75 Å². The lowest BCUT2D eigenvalue weighted by Crippen LogP contribution is -2.24. The van der Waals surface area contributed by atoms with Crippen LogP contribution in [0, 0.1) is 0 Å². The number of nitrogens with two attached hydrogens (primary N) is 1. The summed E-state index contributed by atoms with van der Waals surface area (Å²) in [6.45, 7) is 0. The second-order valence-corrected chi connectivity index (χ2v) is 3.85. The van der Waals surface area contributed by atoms with E-state index in [4.69, 9.17) is 22.7 Å². The lowest BCUT2D eigenvalue weighted by molar-refractivity contribution is 0.120. The van der Waals surface area contributed by atoms with E-state index in [9.17, 15) is 0 Å². The predicted molar refractivity (Wildman–Crippen MR) is 58.4 cm³/mol. The Kier molecular flexibility index (Phi) is 2.63. The number of thiocarbonyl (C=S) groups is 1. The Morgan fingerprint density at radius 3 is 2.71 bits per heavy atom. The van der Waals surface area contributed by atoms with Crippen molar-refractivity contribution in [3.63, 3.8) is 0 Å². The molecule has 1 fully saturated rings. The van der Waals surface area contributed by atoms with Crippen molar-refractivity contribution in [2.24, 2.45) is 5.73 Å². The minimum absolute atomic E-state index is 0.320. The Labute approximate surface area is 88.3 Å². The summed E-state index contributed by atoms with van der Waals surface area (Å²) >= 11 is 4.80. The van der Waals surface area contributed by atoms with Gasteiger partial charge in [-0.25, -0.2) is 4.98 Å². The van der Waals surface area contributed by atoms with E-state index in [0.717, 1.165) is 18.6 Å². The van der Waals surface area contributed by atoms with Gasteiger partial charge in [-0.2, -0.15) is 0 Å². The zero-order valence-corrected chi connectivity index (χ0v) is 8.59. The van der Waals surface area contributed by atoms with Crippen LogP contribution in [0.15, 0.2) is 18.3 Å². The Bertz CT molecular complexity index is 332. The van der Waals surface area contributed by atoms with E-state index in [1.807, 2.05) is 6.07 Å². The second kappa shape index (κ2) is 3.92. The number of rotatable bonds is 3. The van der Waals surface area contributed by atoms with Crippen LogP contribution in [0.2, 0.25) is 0 Å². The third-order valence-corrected chi connectivity index (χ3v) is 2.55. The number of pyridine rings is 1. The predicted octanol–water partition coefficient (Wildman–Crippen LogP) is 1.65. The third kappa shape index (κ3) is 2.01. The number of hydrogen-bond acceptors (Lipinski definition) is 3. The zero-order chi connectivity index (χ0) is 9.97. The van der Waals surface area contributed by atoms with Crippen molar-refractivity contribution in [3.05, 3.63) is 24.0 Å². The van der Waals surface area contributed by atoms with Crippen molar-refractivity contribution in [1.29, 1.82) is 0 Å². The van der Waals surface area contributed by atoms with Crippen LogP contribution in [-0.4, -0.2) is 16.1 Å². The van der Waals surface area contributed by atoms with E-state index in [0.29, 0.717) is 16.8 Å². The van der Waals surface area contributed by atoms with E-state index >= 15 is 0 Å². The van der Waals surface area contributed by atoms with E-state index in [-0.39, 0.29) is 0 Å². The highest BCUT2D eigenvalue weighted by atomic mass is 32.1. The third-order valence-electron chi connectivity index (χ3n) is 2.34. The zero-order valence-electron chi connectivity index (χ0n) is 7.77. The highest BCUT2D eigenvalue weighted by molar-refractivity contribution is 7.80. The molecule has 0 amide bonds. The van der Waals surface area contributed by atoms with Crippen molar-refractivity contribution in [1.82, 2.24) is 4.98 Å². The lowest BCUT2D eigenvalue weighted by Gasteiger charge is -2.26. The fraction of sp³-hybridized carbons (Fsp3) is 0.400. The smallest absolute Gasteiger partial charge is 0.138 e. The lowest BCUT2D eigenvalue weighted by atomic mass is 9.96. The SMILES string of the molecule is NC(=S)c1ccc(OC2CCC2)cn1. The first-order valence-electron chi connectivity index (χ1n) is 4.68. The van der Waals surface area contributed by atoms with Crippen LogP contribution < -0.4 is 10.5 Å². The summed E-state index contributed by atoms with van der Waals surface area (Å²) in [6.07, 6.45) is 5.62. The maximum absolute atomic E-state index is 5.64. The quantitative estimate of drug-likeness (QED) is 0.767. The summed E-state index contributed by atoms with van der Waals surface area (Å²) in [5.41, 5.74) is 6.07. The minimum Gasteiger partial charge on any atom is -0.489 e. The van der Waals surface area contributed by atoms with Crippen LogP contribution in [-0.2, 0) is 0 Å². The molecule has 14 heavy (non-hydrogen) atoms. The van der Waals surface area contributed by atoms with Crippen LogP contribution in [0.1, 0.15) is 25.0 Å². The topological polar surface area (TPSA) is 48.1 Å². The van der Waals surface area contributed by atoms with Gasteiger partial charge in [0.05, 0.1) is 18.0 Å². The molecule has 4 heteroatoms. The van der Waals surface area contributed by atoms with Gasteiger partial charge in [0.15, 0.2) is 0 Å². The van der Waals surface area contributed by atoms with Gasteiger partial charge >= 0.3 is 0 Å². The molecule has 1 saturated carbocycles. The molecule has 0 spiro atoms. The van der Waals surface area contributed by atoms with Crippen molar-refractivity contribution >= 4 is 17.2 Å².